The Morgan fingerprint density at radius 2 is 2.00 bits per heavy atom. The highest BCUT2D eigenvalue weighted by molar-refractivity contribution is 5.48. The molecule has 1 fully saturated rings. The first kappa shape index (κ1) is 15.9. The first-order valence-corrected chi connectivity index (χ1v) is 8.59. The SMILES string of the molecule is Cc1cc(N(C)[C@@H]2C[C@H](Oc3ccccc3)C2(C)C)n2ncnc2n1. The van der Waals surface area contributed by atoms with E-state index in [1.807, 2.05) is 37.3 Å². The molecule has 1 aliphatic carbocycles. The number of hydrogen-bond acceptors (Lipinski definition) is 5. The lowest BCUT2D eigenvalue weighted by Gasteiger charge is -2.55. The third kappa shape index (κ3) is 2.62. The van der Waals surface area contributed by atoms with Crippen molar-refractivity contribution in [1.82, 2.24) is 19.6 Å². The van der Waals surface area contributed by atoms with Gasteiger partial charge in [0.25, 0.3) is 5.78 Å². The maximum atomic E-state index is 6.20. The maximum absolute atomic E-state index is 6.20. The van der Waals surface area contributed by atoms with Crippen LogP contribution in [0.1, 0.15) is 26.0 Å². The van der Waals surface area contributed by atoms with E-state index in [9.17, 15) is 0 Å². The lowest BCUT2D eigenvalue weighted by molar-refractivity contribution is -0.0418. The maximum Gasteiger partial charge on any atom is 0.254 e. The first-order chi connectivity index (χ1) is 12.0. The van der Waals surface area contributed by atoms with Gasteiger partial charge in [-0.25, -0.2) is 4.98 Å². The summed E-state index contributed by atoms with van der Waals surface area (Å²) in [6.45, 7) is 6.51. The van der Waals surface area contributed by atoms with E-state index in [4.69, 9.17) is 4.74 Å². The number of anilines is 1. The van der Waals surface area contributed by atoms with E-state index in [-0.39, 0.29) is 11.5 Å². The van der Waals surface area contributed by atoms with Crippen LogP contribution in [-0.2, 0) is 0 Å². The summed E-state index contributed by atoms with van der Waals surface area (Å²) in [5.74, 6) is 2.58. The summed E-state index contributed by atoms with van der Waals surface area (Å²) in [6, 6.07) is 12.5. The summed E-state index contributed by atoms with van der Waals surface area (Å²) in [5.41, 5.74) is 0.964. The monoisotopic (exact) mass is 337 g/mol. The molecule has 6 heteroatoms. The highest BCUT2D eigenvalue weighted by Gasteiger charge is 2.52. The lowest BCUT2D eigenvalue weighted by Crippen LogP contribution is -2.62. The fourth-order valence-electron chi connectivity index (χ4n) is 3.71. The fourth-order valence-corrected chi connectivity index (χ4v) is 3.71. The second kappa shape index (κ2) is 5.72. The summed E-state index contributed by atoms with van der Waals surface area (Å²) >= 11 is 0. The van der Waals surface area contributed by atoms with Crippen LogP contribution in [0.15, 0.2) is 42.7 Å². The number of rotatable bonds is 4. The van der Waals surface area contributed by atoms with E-state index < -0.39 is 0 Å². The summed E-state index contributed by atoms with van der Waals surface area (Å²) < 4.78 is 8.00. The van der Waals surface area contributed by atoms with Crippen LogP contribution >= 0.6 is 0 Å². The van der Waals surface area contributed by atoms with Gasteiger partial charge in [0.1, 0.15) is 24.0 Å². The van der Waals surface area contributed by atoms with Crippen LogP contribution in [0.25, 0.3) is 5.78 Å². The van der Waals surface area contributed by atoms with Crippen molar-refractivity contribution >= 4 is 11.6 Å². The standard InChI is InChI=1S/C19H23N5O/c1-13-10-17(24-18(22-13)20-12-21-24)23(4)15-11-16(19(15,2)3)25-14-8-6-5-7-9-14/h5-10,12,15-16H,11H2,1-4H3/t15-,16+/m1/s1. The molecule has 1 saturated carbocycles. The Bertz CT molecular complexity index is 889. The molecule has 25 heavy (non-hydrogen) atoms. The molecule has 0 radical (unpaired) electrons. The summed E-state index contributed by atoms with van der Waals surface area (Å²) in [5, 5.41) is 4.33. The van der Waals surface area contributed by atoms with Gasteiger partial charge >= 0.3 is 0 Å². The van der Waals surface area contributed by atoms with E-state index in [0.29, 0.717) is 11.8 Å². The van der Waals surface area contributed by atoms with Gasteiger partial charge in [-0.3, -0.25) is 0 Å². The van der Waals surface area contributed by atoms with Gasteiger partial charge in [-0.15, -0.1) is 0 Å². The topological polar surface area (TPSA) is 55.6 Å². The van der Waals surface area contributed by atoms with Crippen molar-refractivity contribution < 1.29 is 4.74 Å². The molecular weight excluding hydrogens is 314 g/mol. The van der Waals surface area contributed by atoms with E-state index in [1.165, 1.54) is 0 Å². The molecule has 0 amide bonds. The van der Waals surface area contributed by atoms with Gasteiger partial charge in [-0.05, 0) is 19.1 Å². The number of para-hydroxylation sites is 1. The van der Waals surface area contributed by atoms with Crippen LogP contribution in [0.3, 0.4) is 0 Å². The van der Waals surface area contributed by atoms with Crippen molar-refractivity contribution in [1.29, 1.82) is 0 Å². The average Bonchev–Trinajstić information content (AvgIpc) is 3.06. The number of nitrogens with zero attached hydrogens (tertiary/aromatic N) is 5. The third-order valence-corrected chi connectivity index (χ3v) is 5.34. The Balaban J connectivity index is 1.57. The minimum Gasteiger partial charge on any atom is -0.490 e. The fraction of sp³-hybridized carbons (Fsp3) is 0.421. The second-order valence-electron chi connectivity index (χ2n) is 7.33. The Hall–Kier alpha value is -2.63. The smallest absolute Gasteiger partial charge is 0.254 e. The Labute approximate surface area is 147 Å². The molecule has 4 rings (SSSR count). The van der Waals surface area contributed by atoms with E-state index in [2.05, 4.69) is 46.9 Å². The van der Waals surface area contributed by atoms with E-state index in [0.717, 1.165) is 23.7 Å². The van der Waals surface area contributed by atoms with Crippen molar-refractivity contribution in [3.63, 3.8) is 0 Å². The zero-order valence-corrected chi connectivity index (χ0v) is 15.0. The summed E-state index contributed by atoms with van der Waals surface area (Å²) in [7, 11) is 2.11. The quantitative estimate of drug-likeness (QED) is 0.732. The second-order valence-corrected chi connectivity index (χ2v) is 7.33. The average molecular weight is 337 g/mol. The number of ether oxygens (including phenoxy) is 1. The molecule has 1 aliphatic rings. The van der Waals surface area contributed by atoms with Gasteiger partial charge in [0.15, 0.2) is 0 Å². The van der Waals surface area contributed by atoms with Crippen molar-refractivity contribution in [2.24, 2.45) is 5.41 Å². The molecule has 3 aromatic rings. The van der Waals surface area contributed by atoms with Crippen molar-refractivity contribution in [3.8, 4) is 5.75 Å². The summed E-state index contributed by atoms with van der Waals surface area (Å²) in [4.78, 5) is 10.9. The molecule has 0 aliphatic heterocycles. The van der Waals surface area contributed by atoms with Gasteiger partial charge in [0, 0.05) is 36.7 Å². The van der Waals surface area contributed by atoms with Crippen LogP contribution in [0.5, 0.6) is 5.75 Å². The van der Waals surface area contributed by atoms with E-state index in [1.54, 1.807) is 10.8 Å². The molecule has 0 N–H and O–H groups in total. The van der Waals surface area contributed by atoms with Crippen molar-refractivity contribution in [2.45, 2.75) is 39.3 Å². The third-order valence-electron chi connectivity index (χ3n) is 5.34. The molecule has 0 unspecified atom stereocenters. The molecule has 2 atom stereocenters. The van der Waals surface area contributed by atoms with E-state index >= 15 is 0 Å². The van der Waals surface area contributed by atoms with Gasteiger partial charge in [0.05, 0.1) is 0 Å². The van der Waals surface area contributed by atoms with Gasteiger partial charge in [-0.2, -0.15) is 14.6 Å². The first-order valence-electron chi connectivity index (χ1n) is 8.59. The Morgan fingerprint density at radius 1 is 1.24 bits per heavy atom. The zero-order chi connectivity index (χ0) is 17.6. The lowest BCUT2D eigenvalue weighted by atomic mass is 9.64. The molecule has 130 valence electrons. The summed E-state index contributed by atoms with van der Waals surface area (Å²) in [6.07, 6.45) is 2.71. The number of fused-ring (bicyclic) bond motifs is 1. The van der Waals surface area contributed by atoms with Gasteiger partial charge in [0.2, 0.25) is 0 Å². The molecule has 0 bridgehead atoms. The highest BCUT2D eigenvalue weighted by Crippen LogP contribution is 2.46. The minimum absolute atomic E-state index is 0.0225. The predicted molar refractivity (Wildman–Crippen MR) is 97.0 cm³/mol. The molecule has 2 heterocycles. The number of benzene rings is 1. The molecule has 0 saturated heterocycles. The number of hydrogen-bond donors (Lipinski definition) is 0. The van der Waals surface area contributed by atoms with Gasteiger partial charge < -0.3 is 9.64 Å². The predicted octanol–water partition coefficient (Wildman–Crippen LogP) is 3.12. The number of aromatic nitrogens is 4. The normalized spacial score (nSPS) is 21.8. The molecular formula is C19H23N5O. The van der Waals surface area contributed by atoms with Gasteiger partial charge in [-0.1, -0.05) is 32.0 Å². The Kier molecular flexibility index (Phi) is 3.63. The number of aryl methyl sites for hydroxylation is 1. The highest BCUT2D eigenvalue weighted by atomic mass is 16.5. The molecule has 0 spiro atoms. The largest absolute Gasteiger partial charge is 0.490 e. The molecule has 2 aromatic heterocycles. The molecule has 6 nitrogen and oxygen atoms in total. The van der Waals surface area contributed by atoms with Crippen molar-refractivity contribution in [3.05, 3.63) is 48.4 Å². The van der Waals surface area contributed by atoms with Crippen LogP contribution in [0.4, 0.5) is 5.82 Å². The zero-order valence-electron chi connectivity index (χ0n) is 15.0. The van der Waals surface area contributed by atoms with Crippen molar-refractivity contribution in [2.75, 3.05) is 11.9 Å². The Morgan fingerprint density at radius 3 is 2.72 bits per heavy atom. The minimum atomic E-state index is 0.0225. The van der Waals surface area contributed by atoms with Crippen LogP contribution in [0.2, 0.25) is 0 Å². The molecule has 1 aromatic carbocycles. The van der Waals surface area contributed by atoms with Crippen LogP contribution in [0, 0.1) is 12.3 Å². The van der Waals surface area contributed by atoms with Crippen LogP contribution < -0.4 is 9.64 Å². The van der Waals surface area contributed by atoms with Crippen LogP contribution in [-0.4, -0.2) is 38.8 Å².